The third-order valence-corrected chi connectivity index (χ3v) is 6.75. The molecule has 0 aliphatic heterocycles. The quantitative estimate of drug-likeness (QED) is 0.727. The van der Waals surface area contributed by atoms with Crippen molar-refractivity contribution in [3.8, 4) is 0 Å². The molecule has 0 radical (unpaired) electrons. The monoisotopic (exact) mass is 358 g/mol. The lowest BCUT2D eigenvalue weighted by Crippen LogP contribution is -2.61. The highest BCUT2D eigenvalue weighted by Gasteiger charge is 2.72. The van der Waals surface area contributed by atoms with Gasteiger partial charge in [-0.25, -0.2) is 17.2 Å². The van der Waals surface area contributed by atoms with E-state index in [0.717, 1.165) is 12.1 Å². The van der Waals surface area contributed by atoms with Crippen LogP contribution in [-0.4, -0.2) is 25.3 Å². The van der Waals surface area contributed by atoms with Crippen molar-refractivity contribution in [2.45, 2.75) is 56.4 Å². The molecule has 8 heteroatoms. The molecule has 1 aromatic carbocycles. The van der Waals surface area contributed by atoms with Gasteiger partial charge in [0, 0.05) is 0 Å². The predicted octanol–water partition coefficient (Wildman–Crippen LogP) is 4.77. The maximum Gasteiger partial charge on any atom is 0.399 e. The van der Waals surface area contributed by atoms with E-state index in [1.807, 2.05) is 0 Å². The molecule has 0 unspecified atom stereocenters. The van der Waals surface area contributed by atoms with Crippen molar-refractivity contribution in [3.05, 3.63) is 29.8 Å². The minimum Gasteiger partial charge on any atom is -0.223 e. The molecule has 23 heavy (non-hydrogen) atoms. The molecule has 0 aromatic heterocycles. The molecule has 0 bridgehead atoms. The van der Waals surface area contributed by atoms with Crippen LogP contribution >= 0.6 is 0 Å². The van der Waals surface area contributed by atoms with E-state index in [-0.39, 0.29) is 0 Å². The number of hydrogen-bond acceptors (Lipinski definition) is 2. The Balaban J connectivity index is 3.53. The first-order chi connectivity index (χ1) is 10.00. The standard InChI is InChI=1S/C15H19F5O2S/c1-10-6-8-11(9-7-10)23(21,22)13(4,5)14(16,17)12(2,3)15(18,19)20/h6-9H,1-5H3. The van der Waals surface area contributed by atoms with Crippen LogP contribution in [0.3, 0.4) is 0 Å². The molecule has 0 aliphatic carbocycles. The van der Waals surface area contributed by atoms with Gasteiger partial charge in [0.1, 0.15) is 10.2 Å². The largest absolute Gasteiger partial charge is 0.399 e. The molecule has 0 aliphatic rings. The van der Waals surface area contributed by atoms with Crippen molar-refractivity contribution in [3.63, 3.8) is 0 Å². The lowest BCUT2D eigenvalue weighted by atomic mass is 9.78. The Hall–Kier alpha value is -1.18. The van der Waals surface area contributed by atoms with Crippen LogP contribution in [0.4, 0.5) is 22.0 Å². The highest BCUT2D eigenvalue weighted by molar-refractivity contribution is 7.92. The molecule has 0 saturated heterocycles. The molecule has 0 heterocycles. The number of rotatable bonds is 4. The Morgan fingerprint density at radius 1 is 0.826 bits per heavy atom. The number of aryl methyl sites for hydroxylation is 1. The fraction of sp³-hybridized carbons (Fsp3) is 0.600. The smallest absolute Gasteiger partial charge is 0.223 e. The van der Waals surface area contributed by atoms with Gasteiger partial charge in [-0.05, 0) is 46.8 Å². The van der Waals surface area contributed by atoms with Gasteiger partial charge >= 0.3 is 6.18 Å². The number of hydrogen-bond donors (Lipinski definition) is 0. The molecule has 0 fully saturated rings. The molecule has 1 rings (SSSR count). The molecule has 2 nitrogen and oxygen atoms in total. The summed E-state index contributed by atoms with van der Waals surface area (Å²) in [6.07, 6.45) is -5.27. The second kappa shape index (κ2) is 5.43. The highest BCUT2D eigenvalue weighted by atomic mass is 32.2. The van der Waals surface area contributed by atoms with Gasteiger partial charge in [-0.3, -0.25) is 0 Å². The Kier molecular flexibility index (Phi) is 4.69. The van der Waals surface area contributed by atoms with Crippen LogP contribution < -0.4 is 0 Å². The zero-order valence-electron chi connectivity index (χ0n) is 13.4. The van der Waals surface area contributed by atoms with Gasteiger partial charge in [-0.1, -0.05) is 17.7 Å². The summed E-state index contributed by atoms with van der Waals surface area (Å²) in [4.78, 5) is -0.439. The van der Waals surface area contributed by atoms with Crippen LogP contribution in [0.5, 0.6) is 0 Å². The van der Waals surface area contributed by atoms with Crippen LogP contribution in [0, 0.1) is 12.3 Å². The Bertz CT molecular complexity index is 671. The van der Waals surface area contributed by atoms with Crippen LogP contribution in [0.25, 0.3) is 0 Å². The average molecular weight is 358 g/mol. The molecule has 0 N–H and O–H groups in total. The first-order valence-corrected chi connectivity index (χ1v) is 8.24. The van der Waals surface area contributed by atoms with Gasteiger partial charge in [0.25, 0.3) is 5.92 Å². The maximum atomic E-state index is 14.6. The van der Waals surface area contributed by atoms with E-state index in [9.17, 15) is 30.4 Å². The van der Waals surface area contributed by atoms with Gasteiger partial charge in [0.15, 0.2) is 9.84 Å². The van der Waals surface area contributed by atoms with Crippen LogP contribution in [0.1, 0.15) is 33.3 Å². The highest BCUT2D eigenvalue weighted by Crippen LogP contribution is 2.56. The normalized spacial score (nSPS) is 14.9. The average Bonchev–Trinajstić information content (AvgIpc) is 2.37. The van der Waals surface area contributed by atoms with Crippen molar-refractivity contribution in [2.24, 2.45) is 5.41 Å². The first kappa shape index (κ1) is 19.9. The summed E-state index contributed by atoms with van der Waals surface area (Å²) in [6.45, 7) is 3.52. The molecule has 0 spiro atoms. The number of sulfone groups is 1. The molecule has 0 atom stereocenters. The molecule has 1 aromatic rings. The van der Waals surface area contributed by atoms with E-state index in [4.69, 9.17) is 0 Å². The van der Waals surface area contributed by atoms with Crippen molar-refractivity contribution in [2.75, 3.05) is 0 Å². The minimum absolute atomic E-state index is 0.305. The molecule has 132 valence electrons. The Morgan fingerprint density at radius 2 is 1.22 bits per heavy atom. The summed E-state index contributed by atoms with van der Waals surface area (Å²) in [5, 5.41) is 0. The van der Waals surface area contributed by atoms with E-state index < -0.39 is 37.0 Å². The lowest BCUT2D eigenvalue weighted by molar-refractivity contribution is -0.292. The molecular formula is C15H19F5O2S. The van der Waals surface area contributed by atoms with Crippen molar-refractivity contribution >= 4 is 9.84 Å². The fourth-order valence-electron chi connectivity index (χ4n) is 2.11. The van der Waals surface area contributed by atoms with Crippen LogP contribution in [-0.2, 0) is 9.84 Å². The Labute approximate surface area is 132 Å². The summed E-state index contributed by atoms with van der Waals surface area (Å²) in [6, 6.07) is 5.03. The van der Waals surface area contributed by atoms with E-state index in [1.165, 1.54) is 12.1 Å². The fourth-order valence-corrected chi connectivity index (χ4v) is 3.79. The zero-order chi connectivity index (χ0) is 18.5. The van der Waals surface area contributed by atoms with Crippen molar-refractivity contribution in [1.29, 1.82) is 0 Å². The third kappa shape index (κ3) is 2.86. The second-order valence-corrected chi connectivity index (χ2v) is 9.02. The third-order valence-electron chi connectivity index (χ3n) is 4.25. The Morgan fingerprint density at radius 3 is 1.57 bits per heavy atom. The number of halogens is 5. The van der Waals surface area contributed by atoms with E-state index >= 15 is 0 Å². The minimum atomic E-state index is -5.27. The van der Waals surface area contributed by atoms with Crippen LogP contribution in [0.15, 0.2) is 29.2 Å². The van der Waals surface area contributed by atoms with Gasteiger partial charge in [0.2, 0.25) is 0 Å². The second-order valence-electron chi connectivity index (χ2n) is 6.52. The van der Waals surface area contributed by atoms with Gasteiger partial charge < -0.3 is 0 Å². The maximum absolute atomic E-state index is 14.6. The molecule has 0 saturated carbocycles. The van der Waals surface area contributed by atoms with Crippen molar-refractivity contribution < 1.29 is 30.4 Å². The topological polar surface area (TPSA) is 34.1 Å². The number of alkyl halides is 5. The van der Waals surface area contributed by atoms with Crippen molar-refractivity contribution in [1.82, 2.24) is 0 Å². The van der Waals surface area contributed by atoms with Gasteiger partial charge in [-0.15, -0.1) is 0 Å². The summed E-state index contributed by atoms with van der Waals surface area (Å²) in [7, 11) is -4.71. The molecular weight excluding hydrogens is 339 g/mol. The summed E-state index contributed by atoms with van der Waals surface area (Å²) in [5.74, 6) is -4.55. The summed E-state index contributed by atoms with van der Waals surface area (Å²) in [5.41, 5.74) is -2.81. The van der Waals surface area contributed by atoms with Gasteiger partial charge in [-0.2, -0.15) is 13.2 Å². The van der Waals surface area contributed by atoms with E-state index in [1.54, 1.807) is 6.92 Å². The van der Waals surface area contributed by atoms with E-state index in [2.05, 4.69) is 0 Å². The SMILES string of the molecule is Cc1ccc(S(=O)(=O)C(C)(C)C(F)(F)C(C)(C)C(F)(F)F)cc1. The summed E-state index contributed by atoms with van der Waals surface area (Å²) < 4.78 is 90.5. The zero-order valence-corrected chi connectivity index (χ0v) is 14.2. The predicted molar refractivity (Wildman–Crippen MR) is 77.2 cm³/mol. The van der Waals surface area contributed by atoms with Crippen LogP contribution in [0.2, 0.25) is 0 Å². The van der Waals surface area contributed by atoms with Gasteiger partial charge in [0.05, 0.1) is 4.90 Å². The number of benzene rings is 1. The lowest BCUT2D eigenvalue weighted by Gasteiger charge is -2.44. The first-order valence-electron chi connectivity index (χ1n) is 6.76. The molecule has 0 amide bonds. The van der Waals surface area contributed by atoms with E-state index in [0.29, 0.717) is 33.3 Å². The summed E-state index contributed by atoms with van der Waals surface area (Å²) >= 11 is 0.